The molecule has 2 rings (SSSR count). The van der Waals surface area contributed by atoms with Crippen LogP contribution in [0.1, 0.15) is 20.7 Å². The highest BCUT2D eigenvalue weighted by atomic mass is 79.9. The van der Waals surface area contributed by atoms with Gasteiger partial charge < -0.3 is 16.2 Å². The zero-order valence-corrected chi connectivity index (χ0v) is 12.1. The third kappa shape index (κ3) is 3.19. The van der Waals surface area contributed by atoms with Crippen LogP contribution in [-0.4, -0.2) is 17.0 Å². The van der Waals surface area contributed by atoms with Crippen molar-refractivity contribution in [2.75, 3.05) is 5.32 Å². The lowest BCUT2D eigenvalue weighted by atomic mass is 10.1. The normalized spacial score (nSPS) is 10.2. The molecule has 0 aromatic heterocycles. The second-order valence-electron chi connectivity index (χ2n) is 4.15. The number of anilines is 2. The Kier molecular flexibility index (Phi) is 4.23. The van der Waals surface area contributed by atoms with E-state index in [-0.39, 0.29) is 16.8 Å². The fourth-order valence-corrected chi connectivity index (χ4v) is 2.33. The Morgan fingerprint density at radius 3 is 2.48 bits per heavy atom. The first kappa shape index (κ1) is 15.0. The number of nitrogens with two attached hydrogens (primary N) is 1. The van der Waals surface area contributed by atoms with Crippen LogP contribution in [0.15, 0.2) is 40.9 Å². The number of hydrogen-bond acceptors (Lipinski definition) is 3. The van der Waals surface area contributed by atoms with Gasteiger partial charge in [-0.3, -0.25) is 4.79 Å². The number of halogens is 2. The molecule has 0 bridgehead atoms. The first-order chi connectivity index (χ1) is 9.90. The van der Waals surface area contributed by atoms with Gasteiger partial charge in [-0.2, -0.15) is 0 Å². The molecule has 2 aromatic carbocycles. The van der Waals surface area contributed by atoms with Gasteiger partial charge in [0.1, 0.15) is 5.82 Å². The third-order valence-corrected chi connectivity index (χ3v) is 3.41. The molecule has 0 radical (unpaired) electrons. The predicted octanol–water partition coefficient (Wildman–Crippen LogP) is 3.13. The van der Waals surface area contributed by atoms with E-state index in [4.69, 9.17) is 10.8 Å². The summed E-state index contributed by atoms with van der Waals surface area (Å²) in [6, 6.07) is 8.29. The van der Waals surface area contributed by atoms with E-state index in [0.717, 1.165) is 6.07 Å². The molecular formula is C14H10BrFN2O3. The molecule has 0 saturated carbocycles. The number of benzene rings is 2. The average Bonchev–Trinajstić information content (AvgIpc) is 2.40. The number of primary amides is 1. The molecule has 0 unspecified atom stereocenters. The summed E-state index contributed by atoms with van der Waals surface area (Å²) in [6.07, 6.45) is 0. The summed E-state index contributed by atoms with van der Waals surface area (Å²) in [7, 11) is 0. The van der Waals surface area contributed by atoms with E-state index in [1.54, 1.807) is 18.2 Å². The molecule has 0 aliphatic heterocycles. The van der Waals surface area contributed by atoms with Crippen LogP contribution < -0.4 is 11.1 Å². The maximum atomic E-state index is 13.9. The number of carbonyl (C=O) groups excluding carboxylic acids is 1. The summed E-state index contributed by atoms with van der Waals surface area (Å²) in [5.41, 5.74) is 5.67. The Morgan fingerprint density at radius 2 is 1.90 bits per heavy atom. The molecule has 0 atom stereocenters. The fraction of sp³-hybridized carbons (Fsp3) is 0. The van der Waals surface area contributed by atoms with Crippen molar-refractivity contribution < 1.29 is 19.1 Å². The number of amides is 1. The summed E-state index contributed by atoms with van der Waals surface area (Å²) in [5.74, 6) is -2.64. The molecule has 108 valence electrons. The van der Waals surface area contributed by atoms with Crippen molar-refractivity contribution in [1.82, 2.24) is 0 Å². The van der Waals surface area contributed by atoms with Gasteiger partial charge in [0.05, 0.1) is 22.5 Å². The van der Waals surface area contributed by atoms with Gasteiger partial charge in [-0.1, -0.05) is 6.07 Å². The predicted molar refractivity (Wildman–Crippen MR) is 79.3 cm³/mol. The fourth-order valence-electron chi connectivity index (χ4n) is 1.77. The molecule has 4 N–H and O–H groups in total. The quantitative estimate of drug-likeness (QED) is 0.787. The van der Waals surface area contributed by atoms with E-state index >= 15 is 0 Å². The molecule has 0 aliphatic carbocycles. The summed E-state index contributed by atoms with van der Waals surface area (Å²) >= 11 is 3.20. The van der Waals surface area contributed by atoms with Crippen molar-refractivity contribution >= 4 is 39.2 Å². The van der Waals surface area contributed by atoms with Gasteiger partial charge in [-0.25, -0.2) is 9.18 Å². The molecule has 1 amide bonds. The largest absolute Gasteiger partial charge is 0.478 e. The maximum Gasteiger partial charge on any atom is 0.335 e. The van der Waals surface area contributed by atoms with Crippen molar-refractivity contribution in [3.05, 3.63) is 57.8 Å². The minimum Gasteiger partial charge on any atom is -0.478 e. The Morgan fingerprint density at radius 1 is 1.19 bits per heavy atom. The van der Waals surface area contributed by atoms with E-state index in [9.17, 15) is 14.0 Å². The average molecular weight is 353 g/mol. The third-order valence-electron chi connectivity index (χ3n) is 2.75. The lowest BCUT2D eigenvalue weighted by molar-refractivity contribution is 0.0696. The van der Waals surface area contributed by atoms with Crippen LogP contribution in [-0.2, 0) is 0 Å². The van der Waals surface area contributed by atoms with Crippen LogP contribution >= 0.6 is 15.9 Å². The van der Waals surface area contributed by atoms with Crippen molar-refractivity contribution in [3.8, 4) is 0 Å². The molecule has 0 fully saturated rings. The highest BCUT2D eigenvalue weighted by molar-refractivity contribution is 9.10. The van der Waals surface area contributed by atoms with E-state index < -0.39 is 17.7 Å². The van der Waals surface area contributed by atoms with Gasteiger partial charge in [0.15, 0.2) is 0 Å². The topological polar surface area (TPSA) is 92.4 Å². The Bertz CT molecular complexity index is 734. The number of hydrogen-bond donors (Lipinski definition) is 3. The zero-order valence-electron chi connectivity index (χ0n) is 10.6. The Hall–Kier alpha value is -2.41. The minimum absolute atomic E-state index is 0.0422. The molecule has 2 aromatic rings. The minimum atomic E-state index is -1.22. The smallest absolute Gasteiger partial charge is 0.335 e. The van der Waals surface area contributed by atoms with Crippen LogP contribution in [0.3, 0.4) is 0 Å². The first-order valence-electron chi connectivity index (χ1n) is 5.78. The summed E-state index contributed by atoms with van der Waals surface area (Å²) in [6.45, 7) is 0. The monoisotopic (exact) mass is 352 g/mol. The van der Waals surface area contributed by atoms with Crippen molar-refractivity contribution in [2.45, 2.75) is 0 Å². The van der Waals surface area contributed by atoms with Crippen LogP contribution in [0.4, 0.5) is 15.8 Å². The van der Waals surface area contributed by atoms with Crippen LogP contribution in [0.5, 0.6) is 0 Å². The SMILES string of the molecule is NC(=O)c1c(Br)cccc1Nc1ccc(C(=O)O)cc1F. The van der Waals surface area contributed by atoms with Crippen LogP contribution in [0.25, 0.3) is 0 Å². The molecule has 0 spiro atoms. The number of rotatable bonds is 4. The second kappa shape index (κ2) is 5.92. The molecule has 21 heavy (non-hydrogen) atoms. The standard InChI is InChI=1S/C14H10BrFN2O3/c15-8-2-1-3-11(12(8)13(17)19)18-10-5-4-7(14(20)21)6-9(10)16/h1-6,18H,(H2,17,19)(H,20,21). The van der Waals surface area contributed by atoms with Gasteiger partial charge in [-0.15, -0.1) is 0 Å². The van der Waals surface area contributed by atoms with Crippen molar-refractivity contribution in [3.63, 3.8) is 0 Å². The molecule has 0 aliphatic rings. The second-order valence-corrected chi connectivity index (χ2v) is 5.01. The summed E-state index contributed by atoms with van der Waals surface area (Å²) < 4.78 is 14.4. The van der Waals surface area contributed by atoms with E-state index in [0.29, 0.717) is 10.2 Å². The van der Waals surface area contributed by atoms with Gasteiger partial charge in [-0.05, 0) is 46.3 Å². The molecule has 5 nitrogen and oxygen atoms in total. The highest BCUT2D eigenvalue weighted by Gasteiger charge is 2.14. The van der Waals surface area contributed by atoms with Gasteiger partial charge >= 0.3 is 5.97 Å². The van der Waals surface area contributed by atoms with Gasteiger partial charge in [0.2, 0.25) is 0 Å². The first-order valence-corrected chi connectivity index (χ1v) is 6.57. The number of carboxylic acid groups (broad SMARTS) is 1. The number of nitrogens with one attached hydrogen (secondary N) is 1. The number of carbonyl (C=O) groups is 2. The lowest BCUT2D eigenvalue weighted by Gasteiger charge is -2.12. The van der Waals surface area contributed by atoms with Crippen molar-refractivity contribution in [1.29, 1.82) is 0 Å². The van der Waals surface area contributed by atoms with Crippen molar-refractivity contribution in [2.24, 2.45) is 5.73 Å². The molecule has 0 heterocycles. The Balaban J connectivity index is 2.42. The summed E-state index contributed by atoms with van der Waals surface area (Å²) in [5, 5.41) is 11.5. The van der Waals surface area contributed by atoms with E-state index in [1.807, 2.05) is 0 Å². The van der Waals surface area contributed by atoms with Gasteiger partial charge in [0, 0.05) is 4.47 Å². The molecular weight excluding hydrogens is 343 g/mol. The van der Waals surface area contributed by atoms with E-state index in [1.165, 1.54) is 12.1 Å². The van der Waals surface area contributed by atoms with E-state index in [2.05, 4.69) is 21.2 Å². The molecule has 7 heteroatoms. The Labute approximate surface area is 127 Å². The van der Waals surface area contributed by atoms with Crippen LogP contribution in [0.2, 0.25) is 0 Å². The van der Waals surface area contributed by atoms with Crippen LogP contribution in [0, 0.1) is 5.82 Å². The van der Waals surface area contributed by atoms with Gasteiger partial charge in [0.25, 0.3) is 5.91 Å². The molecule has 0 saturated heterocycles. The maximum absolute atomic E-state index is 13.9. The lowest BCUT2D eigenvalue weighted by Crippen LogP contribution is -2.14. The zero-order chi connectivity index (χ0) is 15.6. The highest BCUT2D eigenvalue weighted by Crippen LogP contribution is 2.28. The number of aromatic carboxylic acids is 1. The number of carboxylic acids is 1. The summed E-state index contributed by atoms with van der Waals surface area (Å²) in [4.78, 5) is 22.2.